The molecule has 0 spiro atoms. The van der Waals surface area contributed by atoms with Gasteiger partial charge in [-0.3, -0.25) is 11.3 Å². The summed E-state index contributed by atoms with van der Waals surface area (Å²) >= 11 is 0. The fraction of sp³-hybridized carbons (Fsp3) is 1.00. The molecule has 3 atom stereocenters. The summed E-state index contributed by atoms with van der Waals surface area (Å²) in [5.74, 6) is 9.36. The molecule has 0 bridgehead atoms. The molecule has 2 fully saturated rings. The third kappa shape index (κ3) is 2.78. The zero-order chi connectivity index (χ0) is 11.5. The van der Waals surface area contributed by atoms with E-state index in [2.05, 4.69) is 19.3 Å². The van der Waals surface area contributed by atoms with Gasteiger partial charge in [-0.05, 0) is 49.4 Å². The van der Waals surface area contributed by atoms with E-state index in [1.165, 1.54) is 44.9 Å². The molecule has 0 heterocycles. The average Bonchev–Trinajstić information content (AvgIpc) is 2.69. The maximum atomic E-state index is 5.81. The van der Waals surface area contributed by atoms with Crippen LogP contribution in [0.15, 0.2) is 0 Å². The molecule has 2 saturated carbocycles. The van der Waals surface area contributed by atoms with Gasteiger partial charge in [-0.1, -0.05) is 33.1 Å². The SMILES string of the molecule is CC1CCC(C(NN)C2CCC(C)C2)CC1. The highest BCUT2D eigenvalue weighted by Crippen LogP contribution is 2.39. The second kappa shape index (κ2) is 5.50. The van der Waals surface area contributed by atoms with Crippen molar-refractivity contribution in [3.8, 4) is 0 Å². The number of hydrogen-bond acceptors (Lipinski definition) is 2. The molecule has 0 radical (unpaired) electrons. The van der Waals surface area contributed by atoms with Gasteiger partial charge in [0.1, 0.15) is 0 Å². The molecule has 2 aliphatic rings. The van der Waals surface area contributed by atoms with Gasteiger partial charge in [0.2, 0.25) is 0 Å². The van der Waals surface area contributed by atoms with E-state index in [1.54, 1.807) is 0 Å². The molecule has 94 valence electrons. The second-order valence-electron chi connectivity index (χ2n) is 6.39. The lowest BCUT2D eigenvalue weighted by Gasteiger charge is -2.35. The Morgan fingerprint density at radius 1 is 0.875 bits per heavy atom. The maximum absolute atomic E-state index is 5.81. The second-order valence-corrected chi connectivity index (χ2v) is 6.39. The van der Waals surface area contributed by atoms with Crippen LogP contribution in [0.4, 0.5) is 0 Å². The third-order valence-electron chi connectivity index (χ3n) is 5.00. The van der Waals surface area contributed by atoms with Crippen LogP contribution in [0.25, 0.3) is 0 Å². The van der Waals surface area contributed by atoms with Crippen LogP contribution in [0.3, 0.4) is 0 Å². The molecular weight excluding hydrogens is 196 g/mol. The normalized spacial score (nSPS) is 42.2. The molecular formula is C14H28N2. The highest BCUT2D eigenvalue weighted by atomic mass is 15.2. The summed E-state index contributed by atoms with van der Waals surface area (Å²) in [4.78, 5) is 0. The maximum Gasteiger partial charge on any atom is 0.0267 e. The van der Waals surface area contributed by atoms with Crippen LogP contribution >= 0.6 is 0 Å². The highest BCUT2D eigenvalue weighted by molar-refractivity contribution is 4.88. The van der Waals surface area contributed by atoms with Gasteiger partial charge in [-0.15, -0.1) is 0 Å². The molecule has 0 aromatic heterocycles. The molecule has 0 aliphatic heterocycles. The van der Waals surface area contributed by atoms with E-state index in [0.29, 0.717) is 6.04 Å². The summed E-state index contributed by atoms with van der Waals surface area (Å²) in [6, 6.07) is 0.595. The summed E-state index contributed by atoms with van der Waals surface area (Å²) in [5.41, 5.74) is 3.15. The number of hydrogen-bond donors (Lipinski definition) is 2. The molecule has 3 N–H and O–H groups in total. The Bertz CT molecular complexity index is 209. The Balaban J connectivity index is 1.89. The molecule has 3 unspecified atom stereocenters. The number of nitrogens with one attached hydrogen (secondary N) is 1. The zero-order valence-corrected chi connectivity index (χ0v) is 10.9. The van der Waals surface area contributed by atoms with Crippen LogP contribution in [0.1, 0.15) is 58.8 Å². The first-order valence-corrected chi connectivity index (χ1v) is 7.16. The predicted octanol–water partition coefficient (Wildman–Crippen LogP) is 3.08. The average molecular weight is 224 g/mol. The van der Waals surface area contributed by atoms with Gasteiger partial charge in [0.15, 0.2) is 0 Å². The Morgan fingerprint density at radius 2 is 1.44 bits per heavy atom. The van der Waals surface area contributed by atoms with Crippen LogP contribution in [0.5, 0.6) is 0 Å². The number of rotatable bonds is 3. The van der Waals surface area contributed by atoms with Gasteiger partial charge in [0, 0.05) is 6.04 Å². The monoisotopic (exact) mass is 224 g/mol. The summed E-state index contributed by atoms with van der Waals surface area (Å²) in [5, 5.41) is 0. The van der Waals surface area contributed by atoms with Crippen molar-refractivity contribution in [2.24, 2.45) is 29.5 Å². The van der Waals surface area contributed by atoms with Gasteiger partial charge in [-0.2, -0.15) is 0 Å². The minimum Gasteiger partial charge on any atom is -0.271 e. The summed E-state index contributed by atoms with van der Waals surface area (Å²) in [6.45, 7) is 4.77. The van der Waals surface area contributed by atoms with Crippen molar-refractivity contribution in [3.05, 3.63) is 0 Å². The molecule has 0 amide bonds. The first-order valence-electron chi connectivity index (χ1n) is 7.16. The fourth-order valence-electron chi connectivity index (χ4n) is 3.88. The Labute approximate surface area is 100 Å². The van der Waals surface area contributed by atoms with Gasteiger partial charge >= 0.3 is 0 Å². The van der Waals surface area contributed by atoms with Crippen molar-refractivity contribution in [1.29, 1.82) is 0 Å². The van der Waals surface area contributed by atoms with Crippen molar-refractivity contribution in [1.82, 2.24) is 5.43 Å². The Morgan fingerprint density at radius 3 is 1.94 bits per heavy atom. The van der Waals surface area contributed by atoms with Crippen LogP contribution < -0.4 is 11.3 Å². The standard InChI is InChI=1S/C14H28N2/c1-10-3-6-12(7-4-10)14(16-15)13-8-5-11(2)9-13/h10-14,16H,3-9,15H2,1-2H3. The topological polar surface area (TPSA) is 38.0 Å². The quantitative estimate of drug-likeness (QED) is 0.571. The van der Waals surface area contributed by atoms with Gasteiger partial charge in [0.05, 0.1) is 0 Å². The molecule has 2 rings (SSSR count). The Hall–Kier alpha value is -0.0800. The van der Waals surface area contributed by atoms with Crippen molar-refractivity contribution in [2.45, 2.75) is 64.8 Å². The van der Waals surface area contributed by atoms with E-state index in [9.17, 15) is 0 Å². The van der Waals surface area contributed by atoms with Crippen molar-refractivity contribution >= 4 is 0 Å². The number of nitrogens with two attached hydrogens (primary N) is 1. The van der Waals surface area contributed by atoms with Crippen molar-refractivity contribution < 1.29 is 0 Å². The molecule has 2 nitrogen and oxygen atoms in total. The minimum absolute atomic E-state index is 0.595. The summed E-state index contributed by atoms with van der Waals surface area (Å²) < 4.78 is 0. The lowest BCUT2D eigenvalue weighted by Crippen LogP contribution is -2.46. The zero-order valence-electron chi connectivity index (χ0n) is 10.9. The Kier molecular flexibility index (Phi) is 4.26. The lowest BCUT2D eigenvalue weighted by atomic mass is 9.75. The van der Waals surface area contributed by atoms with E-state index >= 15 is 0 Å². The van der Waals surface area contributed by atoms with Crippen molar-refractivity contribution in [3.63, 3.8) is 0 Å². The molecule has 0 aromatic carbocycles. The van der Waals surface area contributed by atoms with E-state index in [4.69, 9.17) is 5.84 Å². The smallest absolute Gasteiger partial charge is 0.0267 e. The molecule has 16 heavy (non-hydrogen) atoms. The first-order chi connectivity index (χ1) is 7.70. The lowest BCUT2D eigenvalue weighted by molar-refractivity contribution is 0.183. The molecule has 2 aliphatic carbocycles. The fourth-order valence-corrected chi connectivity index (χ4v) is 3.88. The van der Waals surface area contributed by atoms with Crippen LogP contribution in [0.2, 0.25) is 0 Å². The predicted molar refractivity (Wildman–Crippen MR) is 68.7 cm³/mol. The minimum atomic E-state index is 0.595. The number of hydrazine groups is 1. The third-order valence-corrected chi connectivity index (χ3v) is 5.00. The molecule has 0 saturated heterocycles. The van der Waals surface area contributed by atoms with E-state index in [1.807, 2.05) is 0 Å². The van der Waals surface area contributed by atoms with Crippen molar-refractivity contribution in [2.75, 3.05) is 0 Å². The molecule has 2 heteroatoms. The van der Waals surface area contributed by atoms with E-state index in [-0.39, 0.29) is 0 Å². The van der Waals surface area contributed by atoms with Crippen LogP contribution in [-0.2, 0) is 0 Å². The van der Waals surface area contributed by atoms with Gasteiger partial charge in [0.25, 0.3) is 0 Å². The van der Waals surface area contributed by atoms with Crippen LogP contribution in [0, 0.1) is 23.7 Å². The van der Waals surface area contributed by atoms with Crippen LogP contribution in [-0.4, -0.2) is 6.04 Å². The van der Waals surface area contributed by atoms with E-state index < -0.39 is 0 Å². The highest BCUT2D eigenvalue weighted by Gasteiger charge is 2.34. The van der Waals surface area contributed by atoms with Gasteiger partial charge in [-0.25, -0.2) is 0 Å². The first kappa shape index (κ1) is 12.4. The summed E-state index contributed by atoms with van der Waals surface area (Å²) in [7, 11) is 0. The largest absolute Gasteiger partial charge is 0.271 e. The van der Waals surface area contributed by atoms with Gasteiger partial charge < -0.3 is 0 Å². The molecule has 0 aromatic rings. The summed E-state index contributed by atoms with van der Waals surface area (Å²) in [6.07, 6.45) is 9.78. The van der Waals surface area contributed by atoms with E-state index in [0.717, 1.165) is 23.7 Å².